The second-order valence-electron chi connectivity index (χ2n) is 6.74. The van der Waals surface area contributed by atoms with Crippen LogP contribution in [0.5, 0.6) is 0 Å². The third-order valence-electron chi connectivity index (χ3n) is 3.73. The number of rotatable bonds is 10. The molecule has 0 bridgehead atoms. The molecular formula is C17H29N3O4S. The fourth-order valence-corrected chi connectivity index (χ4v) is 3.66. The molecule has 1 aromatic rings. The van der Waals surface area contributed by atoms with Crippen LogP contribution >= 0.6 is 0 Å². The first kappa shape index (κ1) is 21.6. The molecule has 25 heavy (non-hydrogen) atoms. The van der Waals surface area contributed by atoms with Gasteiger partial charge >= 0.3 is 0 Å². The number of amides is 1. The molecule has 7 nitrogen and oxygen atoms in total. The standard InChI is InChI=1S/C17H29N3O4S/c1-13(2)11-17(3,12-18)20-16(21)14-6-5-7-15(10-14)25(22,23)19-8-9-24-4/h5-7,10,13,19H,8-9,11-12,18H2,1-4H3,(H,20,21). The van der Waals surface area contributed by atoms with Crippen molar-refractivity contribution in [2.75, 3.05) is 26.8 Å². The van der Waals surface area contributed by atoms with Gasteiger partial charge in [-0.25, -0.2) is 13.1 Å². The van der Waals surface area contributed by atoms with Crippen LogP contribution in [0.25, 0.3) is 0 Å². The average molecular weight is 372 g/mol. The van der Waals surface area contributed by atoms with Gasteiger partial charge < -0.3 is 15.8 Å². The van der Waals surface area contributed by atoms with Crippen LogP contribution in [0.3, 0.4) is 0 Å². The number of ether oxygens (including phenoxy) is 1. The molecule has 142 valence electrons. The van der Waals surface area contributed by atoms with Crippen LogP contribution in [-0.4, -0.2) is 46.7 Å². The van der Waals surface area contributed by atoms with Gasteiger partial charge in [-0.05, 0) is 37.5 Å². The van der Waals surface area contributed by atoms with E-state index in [-0.39, 0.29) is 29.5 Å². The third-order valence-corrected chi connectivity index (χ3v) is 5.19. The predicted octanol–water partition coefficient (Wildman–Crippen LogP) is 1.10. The summed E-state index contributed by atoms with van der Waals surface area (Å²) in [5.74, 6) is 0.0214. The highest BCUT2D eigenvalue weighted by Crippen LogP contribution is 2.17. The normalized spacial score (nSPS) is 14.3. The average Bonchev–Trinajstić information content (AvgIpc) is 2.54. The van der Waals surface area contributed by atoms with Crippen LogP contribution in [0, 0.1) is 5.92 Å². The van der Waals surface area contributed by atoms with E-state index >= 15 is 0 Å². The van der Waals surface area contributed by atoms with Gasteiger partial charge in [0, 0.05) is 31.3 Å². The van der Waals surface area contributed by atoms with Crippen molar-refractivity contribution >= 4 is 15.9 Å². The summed E-state index contributed by atoms with van der Waals surface area (Å²) in [6.07, 6.45) is 0.728. The largest absolute Gasteiger partial charge is 0.383 e. The summed E-state index contributed by atoms with van der Waals surface area (Å²) < 4.78 is 31.8. The topological polar surface area (TPSA) is 111 Å². The maximum atomic E-state index is 12.5. The van der Waals surface area contributed by atoms with Crippen molar-refractivity contribution in [2.45, 2.75) is 37.6 Å². The summed E-state index contributed by atoms with van der Waals surface area (Å²) in [5, 5.41) is 2.92. The molecule has 0 radical (unpaired) electrons. The molecule has 4 N–H and O–H groups in total. The number of methoxy groups -OCH3 is 1. The zero-order chi connectivity index (χ0) is 19.1. The van der Waals surface area contributed by atoms with Crippen LogP contribution < -0.4 is 15.8 Å². The van der Waals surface area contributed by atoms with Crippen molar-refractivity contribution in [3.8, 4) is 0 Å². The third kappa shape index (κ3) is 6.74. The van der Waals surface area contributed by atoms with E-state index < -0.39 is 15.6 Å². The molecule has 0 aromatic heterocycles. The smallest absolute Gasteiger partial charge is 0.251 e. The highest BCUT2D eigenvalue weighted by atomic mass is 32.2. The number of nitrogens with two attached hydrogens (primary N) is 1. The lowest BCUT2D eigenvalue weighted by Crippen LogP contribution is -2.52. The fraction of sp³-hybridized carbons (Fsp3) is 0.588. The summed E-state index contributed by atoms with van der Waals surface area (Å²) >= 11 is 0. The molecule has 0 heterocycles. The Hall–Kier alpha value is -1.48. The monoisotopic (exact) mass is 371 g/mol. The zero-order valence-electron chi connectivity index (χ0n) is 15.3. The Labute approximate surface area is 150 Å². The van der Waals surface area contributed by atoms with Gasteiger partial charge in [-0.2, -0.15) is 0 Å². The first-order valence-electron chi connectivity index (χ1n) is 8.25. The second-order valence-corrected chi connectivity index (χ2v) is 8.50. The number of carbonyl (C=O) groups is 1. The quantitative estimate of drug-likeness (QED) is 0.534. The Balaban J connectivity index is 2.94. The van der Waals surface area contributed by atoms with E-state index in [2.05, 4.69) is 23.9 Å². The minimum atomic E-state index is -3.69. The van der Waals surface area contributed by atoms with E-state index in [1.54, 1.807) is 12.1 Å². The van der Waals surface area contributed by atoms with Gasteiger partial charge in [-0.15, -0.1) is 0 Å². The van der Waals surface area contributed by atoms with Crippen molar-refractivity contribution in [3.05, 3.63) is 29.8 Å². The highest BCUT2D eigenvalue weighted by Gasteiger charge is 2.26. The summed E-state index contributed by atoms with van der Waals surface area (Å²) in [5.41, 5.74) is 5.55. The fourth-order valence-electron chi connectivity index (χ4n) is 2.60. The Bertz CT molecular complexity index is 676. The number of hydrogen-bond acceptors (Lipinski definition) is 5. The molecule has 1 aromatic carbocycles. The van der Waals surface area contributed by atoms with Crippen molar-refractivity contribution < 1.29 is 17.9 Å². The molecule has 1 rings (SSSR count). The van der Waals surface area contributed by atoms with Crippen molar-refractivity contribution in [3.63, 3.8) is 0 Å². The van der Waals surface area contributed by atoms with Gasteiger partial charge in [0.25, 0.3) is 5.91 Å². The molecule has 1 atom stereocenters. The van der Waals surface area contributed by atoms with Crippen molar-refractivity contribution in [1.82, 2.24) is 10.0 Å². The number of sulfonamides is 1. The summed E-state index contributed by atoms with van der Waals surface area (Å²) in [4.78, 5) is 12.6. The lowest BCUT2D eigenvalue weighted by molar-refractivity contribution is 0.0898. The molecule has 0 saturated carbocycles. The van der Waals surface area contributed by atoms with Crippen LogP contribution in [0.15, 0.2) is 29.2 Å². The van der Waals surface area contributed by atoms with Crippen LogP contribution in [0.1, 0.15) is 37.6 Å². The maximum Gasteiger partial charge on any atom is 0.251 e. The molecule has 0 saturated heterocycles. The molecule has 1 unspecified atom stereocenters. The molecule has 8 heteroatoms. The number of benzene rings is 1. The molecule has 0 fully saturated rings. The lowest BCUT2D eigenvalue weighted by Gasteiger charge is -2.31. The minimum absolute atomic E-state index is 0.0366. The van der Waals surface area contributed by atoms with Gasteiger partial charge in [0.1, 0.15) is 0 Å². The number of carbonyl (C=O) groups excluding carboxylic acids is 1. The Morgan fingerprint density at radius 1 is 1.36 bits per heavy atom. The van der Waals surface area contributed by atoms with Crippen LogP contribution in [-0.2, 0) is 14.8 Å². The Morgan fingerprint density at radius 3 is 2.60 bits per heavy atom. The molecule has 0 aliphatic carbocycles. The van der Waals surface area contributed by atoms with E-state index in [1.165, 1.54) is 19.2 Å². The Morgan fingerprint density at radius 2 is 2.04 bits per heavy atom. The second kappa shape index (κ2) is 9.28. The van der Waals surface area contributed by atoms with E-state index in [9.17, 15) is 13.2 Å². The Kier molecular flexibility index (Phi) is 8.01. The zero-order valence-corrected chi connectivity index (χ0v) is 16.2. The first-order valence-corrected chi connectivity index (χ1v) is 9.73. The lowest BCUT2D eigenvalue weighted by atomic mass is 9.90. The molecular weight excluding hydrogens is 342 g/mol. The first-order chi connectivity index (χ1) is 11.6. The molecule has 0 aliphatic rings. The minimum Gasteiger partial charge on any atom is -0.383 e. The van der Waals surface area contributed by atoms with Crippen molar-refractivity contribution in [1.29, 1.82) is 0 Å². The maximum absolute atomic E-state index is 12.5. The summed E-state index contributed by atoms with van der Waals surface area (Å²) in [7, 11) is -2.20. The van der Waals surface area contributed by atoms with Crippen molar-refractivity contribution in [2.24, 2.45) is 11.7 Å². The SMILES string of the molecule is COCCNS(=O)(=O)c1cccc(C(=O)NC(C)(CN)CC(C)C)c1. The number of hydrogen-bond donors (Lipinski definition) is 3. The summed E-state index contributed by atoms with van der Waals surface area (Å²) in [6, 6.07) is 5.93. The van der Waals surface area contributed by atoms with E-state index in [0.717, 1.165) is 6.42 Å². The van der Waals surface area contributed by atoms with E-state index in [4.69, 9.17) is 10.5 Å². The van der Waals surface area contributed by atoms with Crippen LogP contribution in [0.4, 0.5) is 0 Å². The van der Waals surface area contributed by atoms with E-state index in [1.807, 2.05) is 6.92 Å². The molecule has 0 aliphatic heterocycles. The highest BCUT2D eigenvalue weighted by molar-refractivity contribution is 7.89. The van der Waals surface area contributed by atoms with Gasteiger partial charge in [-0.1, -0.05) is 19.9 Å². The number of nitrogens with one attached hydrogen (secondary N) is 2. The molecule has 0 spiro atoms. The van der Waals surface area contributed by atoms with Crippen LogP contribution in [0.2, 0.25) is 0 Å². The van der Waals surface area contributed by atoms with Gasteiger partial charge in [0.15, 0.2) is 0 Å². The molecule has 1 amide bonds. The van der Waals surface area contributed by atoms with Gasteiger partial charge in [0.2, 0.25) is 10.0 Å². The summed E-state index contributed by atoms with van der Waals surface area (Å²) in [6.45, 7) is 6.72. The van der Waals surface area contributed by atoms with E-state index in [0.29, 0.717) is 12.5 Å². The van der Waals surface area contributed by atoms with Gasteiger partial charge in [0.05, 0.1) is 11.5 Å². The predicted molar refractivity (Wildman–Crippen MR) is 97.9 cm³/mol. The van der Waals surface area contributed by atoms with Gasteiger partial charge in [-0.3, -0.25) is 4.79 Å².